The Morgan fingerprint density at radius 3 is 2.96 bits per heavy atom. The topological polar surface area (TPSA) is 78.0 Å². The van der Waals surface area contributed by atoms with Crippen molar-refractivity contribution >= 4 is 0 Å². The molecule has 1 aromatic carbocycles. The minimum Gasteiger partial charge on any atom is -0.388 e. The first-order chi connectivity index (χ1) is 11.5. The lowest BCUT2D eigenvalue weighted by Gasteiger charge is -2.39. The molecule has 2 heterocycles. The van der Waals surface area contributed by atoms with Crippen molar-refractivity contribution in [2.24, 2.45) is 7.05 Å². The highest BCUT2D eigenvalue weighted by Crippen LogP contribution is 2.26. The van der Waals surface area contributed by atoms with E-state index in [2.05, 4.69) is 15.1 Å². The van der Waals surface area contributed by atoms with Crippen LogP contribution in [-0.4, -0.2) is 43.5 Å². The van der Waals surface area contributed by atoms with Gasteiger partial charge in [-0.25, -0.2) is 4.39 Å². The number of nitrogens with zero attached hydrogens (tertiary/aromatic N) is 5. The van der Waals surface area contributed by atoms with E-state index in [1.165, 1.54) is 12.1 Å². The molecule has 1 unspecified atom stereocenters. The lowest BCUT2D eigenvalue weighted by Crippen LogP contribution is -2.49. The Morgan fingerprint density at radius 2 is 2.29 bits per heavy atom. The molecule has 126 valence electrons. The van der Waals surface area contributed by atoms with Gasteiger partial charge in [0.25, 0.3) is 0 Å². The smallest absolute Gasteiger partial charge is 0.141 e. The molecule has 0 radical (unpaired) electrons. The molecule has 1 aromatic heterocycles. The van der Waals surface area contributed by atoms with Gasteiger partial charge in [0.05, 0.1) is 11.2 Å². The van der Waals surface area contributed by atoms with E-state index in [0.29, 0.717) is 25.9 Å². The van der Waals surface area contributed by atoms with Gasteiger partial charge in [0.1, 0.15) is 24.0 Å². The Kier molecular flexibility index (Phi) is 4.60. The lowest BCUT2D eigenvalue weighted by atomic mass is 9.89. The zero-order valence-corrected chi connectivity index (χ0v) is 13.6. The normalized spacial score (nSPS) is 21.6. The third-order valence-electron chi connectivity index (χ3n) is 4.49. The first-order valence-electron chi connectivity index (χ1n) is 7.95. The molecule has 1 saturated heterocycles. The molecule has 2 aromatic rings. The predicted molar refractivity (Wildman–Crippen MR) is 85.3 cm³/mol. The average Bonchev–Trinajstić information content (AvgIpc) is 2.92. The van der Waals surface area contributed by atoms with Gasteiger partial charge in [-0.15, -0.1) is 10.2 Å². The fourth-order valence-electron chi connectivity index (χ4n) is 3.25. The van der Waals surface area contributed by atoms with Gasteiger partial charge in [0, 0.05) is 26.6 Å². The Hall–Kier alpha value is -2.30. The van der Waals surface area contributed by atoms with Crippen molar-refractivity contribution in [1.82, 2.24) is 19.7 Å². The Labute approximate surface area is 140 Å². The van der Waals surface area contributed by atoms with Crippen molar-refractivity contribution in [3.8, 4) is 6.07 Å². The number of hydrogen-bond donors (Lipinski definition) is 1. The van der Waals surface area contributed by atoms with Gasteiger partial charge in [-0.05, 0) is 37.1 Å². The molecule has 0 bridgehead atoms. The van der Waals surface area contributed by atoms with Crippen LogP contribution in [0.4, 0.5) is 4.39 Å². The SMILES string of the molecule is Cn1cnnc1CC1(O)CCCN(Cc2ccc(C#N)c(F)c2)C1. The van der Waals surface area contributed by atoms with Crippen LogP contribution in [0.1, 0.15) is 29.8 Å². The molecular formula is C17H20FN5O. The minimum atomic E-state index is -0.857. The number of aromatic nitrogens is 3. The van der Waals surface area contributed by atoms with Crippen LogP contribution in [0.25, 0.3) is 0 Å². The summed E-state index contributed by atoms with van der Waals surface area (Å²) in [6.45, 7) is 1.90. The summed E-state index contributed by atoms with van der Waals surface area (Å²) in [6.07, 6.45) is 3.64. The van der Waals surface area contributed by atoms with Crippen LogP contribution in [-0.2, 0) is 20.0 Å². The summed E-state index contributed by atoms with van der Waals surface area (Å²) >= 11 is 0. The summed E-state index contributed by atoms with van der Waals surface area (Å²) in [4.78, 5) is 2.11. The third kappa shape index (κ3) is 3.61. The maximum atomic E-state index is 13.7. The molecule has 7 heteroatoms. The second-order valence-electron chi connectivity index (χ2n) is 6.50. The highest BCUT2D eigenvalue weighted by atomic mass is 19.1. The van der Waals surface area contributed by atoms with E-state index in [0.717, 1.165) is 24.4 Å². The molecule has 0 aliphatic carbocycles. The molecule has 1 N–H and O–H groups in total. The van der Waals surface area contributed by atoms with Crippen molar-refractivity contribution in [1.29, 1.82) is 5.26 Å². The van der Waals surface area contributed by atoms with Crippen molar-refractivity contribution in [3.63, 3.8) is 0 Å². The number of hydrogen-bond acceptors (Lipinski definition) is 5. The van der Waals surface area contributed by atoms with E-state index in [1.54, 1.807) is 12.4 Å². The molecule has 6 nitrogen and oxygen atoms in total. The molecule has 0 saturated carbocycles. The number of rotatable bonds is 4. The zero-order valence-electron chi connectivity index (χ0n) is 13.6. The van der Waals surface area contributed by atoms with E-state index < -0.39 is 11.4 Å². The number of halogens is 1. The van der Waals surface area contributed by atoms with Gasteiger partial charge in [-0.3, -0.25) is 4.90 Å². The fourth-order valence-corrected chi connectivity index (χ4v) is 3.25. The van der Waals surface area contributed by atoms with Crippen LogP contribution < -0.4 is 0 Å². The van der Waals surface area contributed by atoms with Crippen LogP contribution in [0.5, 0.6) is 0 Å². The molecular weight excluding hydrogens is 309 g/mol. The molecule has 1 atom stereocenters. The van der Waals surface area contributed by atoms with Gasteiger partial charge < -0.3 is 9.67 Å². The van der Waals surface area contributed by atoms with E-state index in [4.69, 9.17) is 5.26 Å². The molecule has 0 spiro atoms. The van der Waals surface area contributed by atoms with Crippen molar-refractivity contribution in [2.75, 3.05) is 13.1 Å². The summed E-state index contributed by atoms with van der Waals surface area (Å²) in [5, 5.41) is 27.6. The van der Waals surface area contributed by atoms with Gasteiger partial charge in [0.2, 0.25) is 0 Å². The maximum absolute atomic E-state index is 13.7. The molecule has 3 rings (SSSR count). The standard InChI is InChI=1S/C17H20FN5O/c1-22-12-20-21-16(22)8-17(24)5-2-6-23(11-17)10-13-3-4-14(9-19)15(18)7-13/h3-4,7,12,24H,2,5-6,8,10-11H2,1H3. The van der Waals surface area contributed by atoms with Crippen LogP contribution in [0.15, 0.2) is 24.5 Å². The maximum Gasteiger partial charge on any atom is 0.141 e. The summed E-state index contributed by atoms with van der Waals surface area (Å²) in [5.41, 5.74) is -0.00456. The van der Waals surface area contributed by atoms with E-state index >= 15 is 0 Å². The van der Waals surface area contributed by atoms with Crippen molar-refractivity contribution in [2.45, 2.75) is 31.4 Å². The third-order valence-corrected chi connectivity index (χ3v) is 4.49. The highest BCUT2D eigenvalue weighted by molar-refractivity contribution is 5.33. The van der Waals surface area contributed by atoms with E-state index in [9.17, 15) is 9.50 Å². The van der Waals surface area contributed by atoms with E-state index in [-0.39, 0.29) is 5.56 Å². The number of aliphatic hydroxyl groups is 1. The fraction of sp³-hybridized carbons (Fsp3) is 0.471. The van der Waals surface area contributed by atoms with Gasteiger partial charge in [0.15, 0.2) is 0 Å². The van der Waals surface area contributed by atoms with Crippen LogP contribution in [0.2, 0.25) is 0 Å². The van der Waals surface area contributed by atoms with Crippen molar-refractivity contribution < 1.29 is 9.50 Å². The Bertz CT molecular complexity index is 769. The van der Waals surface area contributed by atoms with Gasteiger partial charge in [-0.1, -0.05) is 6.07 Å². The van der Waals surface area contributed by atoms with E-state index in [1.807, 2.05) is 17.7 Å². The lowest BCUT2D eigenvalue weighted by molar-refractivity contribution is -0.0344. The number of nitriles is 1. The highest BCUT2D eigenvalue weighted by Gasteiger charge is 2.34. The van der Waals surface area contributed by atoms with Gasteiger partial charge >= 0.3 is 0 Å². The largest absolute Gasteiger partial charge is 0.388 e. The number of likely N-dealkylation sites (tertiary alicyclic amines) is 1. The molecule has 1 fully saturated rings. The first kappa shape index (κ1) is 16.6. The zero-order chi connectivity index (χ0) is 17.2. The quantitative estimate of drug-likeness (QED) is 0.917. The van der Waals surface area contributed by atoms with Gasteiger partial charge in [-0.2, -0.15) is 5.26 Å². The molecule has 1 aliphatic heterocycles. The average molecular weight is 329 g/mol. The summed E-state index contributed by atoms with van der Waals surface area (Å²) < 4.78 is 15.6. The second kappa shape index (κ2) is 6.67. The number of benzene rings is 1. The van der Waals surface area contributed by atoms with Crippen LogP contribution >= 0.6 is 0 Å². The summed E-state index contributed by atoms with van der Waals surface area (Å²) in [7, 11) is 1.86. The van der Waals surface area contributed by atoms with Crippen LogP contribution in [0.3, 0.4) is 0 Å². The van der Waals surface area contributed by atoms with Crippen LogP contribution in [0, 0.1) is 17.1 Å². The minimum absolute atomic E-state index is 0.0520. The predicted octanol–water partition coefficient (Wildman–Crippen LogP) is 1.40. The monoisotopic (exact) mass is 329 g/mol. The second-order valence-corrected chi connectivity index (χ2v) is 6.50. The molecule has 1 aliphatic rings. The summed E-state index contributed by atoms with van der Waals surface area (Å²) in [5.74, 6) is 0.255. The first-order valence-corrected chi connectivity index (χ1v) is 7.95. The summed E-state index contributed by atoms with van der Waals surface area (Å²) in [6, 6.07) is 6.49. The Balaban J connectivity index is 1.68. The molecule has 0 amide bonds. The van der Waals surface area contributed by atoms with Crippen molar-refractivity contribution in [3.05, 3.63) is 47.3 Å². The number of piperidine rings is 1. The number of β-amino-alcohol motifs (C(OH)–C–C–N with tert-alkyl or cyclic N) is 1. The Morgan fingerprint density at radius 1 is 1.46 bits per heavy atom. The number of aryl methyl sites for hydroxylation is 1. The molecule has 24 heavy (non-hydrogen) atoms.